The molecule has 1 aromatic heterocycles. The average Bonchev–Trinajstić information content (AvgIpc) is 2.75. The summed E-state index contributed by atoms with van der Waals surface area (Å²) in [6, 6.07) is 15.4. The molecule has 0 radical (unpaired) electrons. The van der Waals surface area contributed by atoms with Gasteiger partial charge in [-0.1, -0.05) is 24.3 Å². The van der Waals surface area contributed by atoms with E-state index in [0.29, 0.717) is 23.0 Å². The number of hydrogen-bond donors (Lipinski definition) is 3. The van der Waals surface area contributed by atoms with Crippen LogP contribution >= 0.6 is 0 Å². The zero-order chi connectivity index (χ0) is 22.1. The van der Waals surface area contributed by atoms with Crippen LogP contribution in [0.5, 0.6) is 5.75 Å². The van der Waals surface area contributed by atoms with E-state index in [1.165, 1.54) is 0 Å². The molecule has 1 heterocycles. The molecular weight excluding hydrogens is 390 g/mol. The Kier molecular flexibility index (Phi) is 7.53. The minimum Gasteiger partial charge on any atom is -0.506 e. The van der Waals surface area contributed by atoms with Crippen LogP contribution in [0.2, 0.25) is 0 Å². The predicted molar refractivity (Wildman–Crippen MR) is 108 cm³/mol. The number of pyridine rings is 1. The van der Waals surface area contributed by atoms with Crippen molar-refractivity contribution in [2.75, 3.05) is 6.54 Å². The number of nitrogens with zero attached hydrogens (tertiary/aromatic N) is 2. The second kappa shape index (κ2) is 10.3. The minimum absolute atomic E-state index is 0.0508. The van der Waals surface area contributed by atoms with E-state index in [1.54, 1.807) is 55.5 Å². The number of nitriles is 1. The van der Waals surface area contributed by atoms with Crippen LogP contribution in [-0.4, -0.2) is 33.9 Å². The predicted octanol–water partition coefficient (Wildman–Crippen LogP) is 1.66. The molecule has 0 spiro atoms. The molecular formula is C21H19N3O6. The average molecular weight is 409 g/mol. The van der Waals surface area contributed by atoms with E-state index in [1.807, 2.05) is 6.07 Å². The lowest BCUT2D eigenvalue weighted by Gasteiger charge is -2.15. The maximum atomic E-state index is 12.8. The van der Waals surface area contributed by atoms with Gasteiger partial charge in [-0.05, 0) is 36.8 Å². The highest BCUT2D eigenvalue weighted by molar-refractivity contribution is 6.02. The lowest BCUT2D eigenvalue weighted by molar-refractivity contribution is -0.122. The monoisotopic (exact) mass is 409 g/mol. The molecule has 0 fully saturated rings. The van der Waals surface area contributed by atoms with Crippen molar-refractivity contribution in [3.63, 3.8) is 0 Å². The number of carbonyl (C=O) groups excluding carboxylic acids is 1. The third-order valence-corrected chi connectivity index (χ3v) is 4.02. The third-order valence-electron chi connectivity index (χ3n) is 4.02. The Hall–Kier alpha value is -4.32. The zero-order valence-electron chi connectivity index (χ0n) is 16.0. The van der Waals surface area contributed by atoms with Crippen LogP contribution in [0.15, 0.2) is 53.3 Å². The minimum atomic E-state index is -0.745. The molecule has 0 saturated heterocycles. The molecule has 3 N–H and O–H groups in total. The molecule has 0 aliphatic heterocycles. The summed E-state index contributed by atoms with van der Waals surface area (Å²) in [5.74, 6) is -1.04. The maximum absolute atomic E-state index is 12.8. The Labute approximate surface area is 171 Å². The fourth-order valence-corrected chi connectivity index (χ4v) is 2.69. The summed E-state index contributed by atoms with van der Waals surface area (Å²) in [4.78, 5) is 39.1. The van der Waals surface area contributed by atoms with Gasteiger partial charge in [0.2, 0.25) is 0 Å². The number of amides is 1. The van der Waals surface area contributed by atoms with Crippen molar-refractivity contribution in [2.24, 2.45) is 0 Å². The number of carbonyl (C=O) groups is 2. The van der Waals surface area contributed by atoms with Crippen LogP contribution in [0, 0.1) is 11.3 Å². The topological polar surface area (TPSA) is 142 Å². The van der Waals surface area contributed by atoms with E-state index in [0.717, 1.165) is 10.3 Å². The number of rotatable bonds is 5. The van der Waals surface area contributed by atoms with Gasteiger partial charge < -0.3 is 20.4 Å². The summed E-state index contributed by atoms with van der Waals surface area (Å²) >= 11 is 0. The van der Waals surface area contributed by atoms with Crippen molar-refractivity contribution in [2.45, 2.75) is 13.5 Å². The molecule has 0 atom stereocenters. The van der Waals surface area contributed by atoms with Gasteiger partial charge in [0.25, 0.3) is 17.9 Å². The molecule has 154 valence electrons. The summed E-state index contributed by atoms with van der Waals surface area (Å²) in [5, 5.41) is 29.0. The van der Waals surface area contributed by atoms with Gasteiger partial charge in [-0.15, -0.1) is 4.73 Å². The first-order chi connectivity index (χ1) is 14.5. The van der Waals surface area contributed by atoms with Gasteiger partial charge in [0, 0.05) is 11.9 Å². The molecule has 0 aliphatic carbocycles. The van der Waals surface area contributed by atoms with Crippen molar-refractivity contribution in [1.82, 2.24) is 10.0 Å². The lowest BCUT2D eigenvalue weighted by atomic mass is 10.1. The smallest absolute Gasteiger partial charge is 0.300 e. The highest BCUT2D eigenvalue weighted by Crippen LogP contribution is 2.25. The molecule has 0 bridgehead atoms. The number of para-hydroxylation sites is 1. The molecule has 3 aromatic rings. The highest BCUT2D eigenvalue weighted by atomic mass is 16.7. The largest absolute Gasteiger partial charge is 0.506 e. The fraction of sp³-hybridized carbons (Fsp3) is 0.143. The SMILES string of the molecule is CCNC(=O)c1c(O)c2ccccc2n(OCc2ccc(C#N)cc2)c1=O.O=CO. The quantitative estimate of drug-likeness (QED) is 0.544. The Balaban J connectivity index is 0.00000101. The first-order valence-electron chi connectivity index (χ1n) is 8.83. The number of fused-ring (bicyclic) bond motifs is 1. The first-order valence-corrected chi connectivity index (χ1v) is 8.83. The van der Waals surface area contributed by atoms with Gasteiger partial charge in [0.15, 0.2) is 0 Å². The molecule has 2 aromatic carbocycles. The Bertz CT molecular complexity index is 1150. The fourth-order valence-electron chi connectivity index (χ4n) is 2.69. The summed E-state index contributed by atoms with van der Waals surface area (Å²) in [6.45, 7) is 1.84. The second-order valence-electron chi connectivity index (χ2n) is 5.89. The molecule has 30 heavy (non-hydrogen) atoms. The van der Waals surface area contributed by atoms with Crippen LogP contribution in [0.3, 0.4) is 0 Å². The summed E-state index contributed by atoms with van der Waals surface area (Å²) in [7, 11) is 0. The van der Waals surface area contributed by atoms with Crippen molar-refractivity contribution in [3.8, 4) is 11.8 Å². The molecule has 0 unspecified atom stereocenters. The molecule has 9 heteroatoms. The Morgan fingerprint density at radius 2 is 1.87 bits per heavy atom. The third kappa shape index (κ3) is 4.74. The zero-order valence-corrected chi connectivity index (χ0v) is 16.0. The van der Waals surface area contributed by atoms with Gasteiger partial charge in [-0.25, -0.2) is 0 Å². The molecule has 0 saturated carbocycles. The number of benzene rings is 2. The van der Waals surface area contributed by atoms with Crippen LogP contribution < -0.4 is 15.7 Å². The van der Waals surface area contributed by atoms with Crippen molar-refractivity contribution in [1.29, 1.82) is 5.26 Å². The standard InChI is InChI=1S/C20H17N3O4.CH2O2/c1-2-22-19(25)17-18(24)15-5-3-4-6-16(15)23(20(17)26)27-12-14-9-7-13(11-21)8-10-14;2-1-3/h3-10,24H,2,12H2,1H3,(H,22,25);1H,(H,2,3). The van der Waals surface area contributed by atoms with Gasteiger partial charge in [0.1, 0.15) is 17.9 Å². The van der Waals surface area contributed by atoms with E-state index < -0.39 is 11.5 Å². The number of carboxylic acid groups (broad SMARTS) is 1. The highest BCUT2D eigenvalue weighted by Gasteiger charge is 2.22. The van der Waals surface area contributed by atoms with Crippen LogP contribution in [0.25, 0.3) is 10.9 Å². The van der Waals surface area contributed by atoms with Crippen LogP contribution in [-0.2, 0) is 11.4 Å². The summed E-state index contributed by atoms with van der Waals surface area (Å²) in [6.07, 6.45) is 0. The van der Waals surface area contributed by atoms with E-state index in [-0.39, 0.29) is 24.4 Å². The number of aromatic hydroxyl groups is 1. The van der Waals surface area contributed by atoms with Crippen molar-refractivity contribution < 1.29 is 24.6 Å². The van der Waals surface area contributed by atoms with Crippen molar-refractivity contribution in [3.05, 3.63) is 75.6 Å². The lowest BCUT2D eigenvalue weighted by Crippen LogP contribution is -2.35. The second-order valence-corrected chi connectivity index (χ2v) is 5.89. The first kappa shape index (κ1) is 22.0. The normalized spacial score (nSPS) is 9.73. The number of nitrogens with one attached hydrogen (secondary N) is 1. The number of aromatic nitrogens is 1. The summed E-state index contributed by atoms with van der Waals surface area (Å²) < 4.78 is 1.01. The van der Waals surface area contributed by atoms with E-state index in [9.17, 15) is 14.7 Å². The molecule has 9 nitrogen and oxygen atoms in total. The van der Waals surface area contributed by atoms with E-state index in [2.05, 4.69) is 5.32 Å². The molecule has 0 aliphatic rings. The van der Waals surface area contributed by atoms with Crippen molar-refractivity contribution >= 4 is 23.3 Å². The van der Waals surface area contributed by atoms with Gasteiger partial charge in [0.05, 0.1) is 17.1 Å². The van der Waals surface area contributed by atoms with E-state index >= 15 is 0 Å². The number of hydrogen-bond acceptors (Lipinski definition) is 6. The Morgan fingerprint density at radius 3 is 2.47 bits per heavy atom. The maximum Gasteiger partial charge on any atom is 0.300 e. The van der Waals surface area contributed by atoms with Gasteiger partial charge >= 0.3 is 0 Å². The van der Waals surface area contributed by atoms with E-state index in [4.69, 9.17) is 20.0 Å². The van der Waals surface area contributed by atoms with Gasteiger partial charge in [-0.3, -0.25) is 14.4 Å². The molecule has 3 rings (SSSR count). The van der Waals surface area contributed by atoms with Crippen LogP contribution in [0.4, 0.5) is 0 Å². The van der Waals surface area contributed by atoms with Gasteiger partial charge in [-0.2, -0.15) is 5.26 Å². The Morgan fingerprint density at radius 1 is 1.23 bits per heavy atom. The van der Waals surface area contributed by atoms with Crippen LogP contribution in [0.1, 0.15) is 28.4 Å². The molecule has 1 amide bonds. The summed E-state index contributed by atoms with van der Waals surface area (Å²) in [5.41, 5.74) is 0.505.